The molecule has 0 N–H and O–H groups in total. The largest absolute Gasteiger partial charge is 0.622 e. The van der Waals surface area contributed by atoms with Crippen LogP contribution in [-0.4, -0.2) is 41.8 Å². The molecule has 1 aliphatic rings. The van der Waals surface area contributed by atoms with Crippen LogP contribution in [0.1, 0.15) is 61.5 Å². The first-order valence-corrected chi connectivity index (χ1v) is 12.3. The molecule has 0 saturated carbocycles. The monoisotopic (exact) mass is 457 g/mol. The van der Waals surface area contributed by atoms with Gasteiger partial charge < -0.3 is 14.4 Å². The lowest BCUT2D eigenvalue weighted by molar-refractivity contribution is 0.00548. The van der Waals surface area contributed by atoms with E-state index in [4.69, 9.17) is 14.1 Å². The summed E-state index contributed by atoms with van der Waals surface area (Å²) in [5.41, 5.74) is 3.27. The minimum atomic E-state index is -0.867. The van der Waals surface area contributed by atoms with Gasteiger partial charge in [0, 0.05) is 12.1 Å². The second-order valence-electron chi connectivity index (χ2n) is 8.48. The van der Waals surface area contributed by atoms with Crippen LogP contribution in [0.5, 0.6) is 0 Å². The van der Waals surface area contributed by atoms with E-state index in [1.165, 1.54) is 23.2 Å². The molecule has 8 heteroatoms. The van der Waals surface area contributed by atoms with Crippen molar-refractivity contribution in [2.75, 3.05) is 19.8 Å². The molecule has 0 radical (unpaired) electrons. The number of thiazole rings is 1. The number of hydroxylamine groups is 2. The summed E-state index contributed by atoms with van der Waals surface area (Å²) in [6.07, 6.45) is 6.70. The van der Waals surface area contributed by atoms with Crippen molar-refractivity contribution in [2.24, 2.45) is 0 Å². The lowest BCUT2D eigenvalue weighted by atomic mass is 10.1. The number of nitrogens with zero attached hydrogens (tertiary/aromatic N) is 3. The summed E-state index contributed by atoms with van der Waals surface area (Å²) in [4.78, 5) is 19.7. The Hall–Kier alpha value is -2.26. The summed E-state index contributed by atoms with van der Waals surface area (Å²) in [6.45, 7) is 7.65. The maximum Gasteiger partial charge on any atom is 0.346 e. The number of esters is 1. The molecule has 4 rings (SSSR count). The molecule has 1 fully saturated rings. The van der Waals surface area contributed by atoms with Gasteiger partial charge in [-0.15, -0.1) is 0 Å². The number of aryl methyl sites for hydroxylation is 2. The number of fused-ring (bicyclic) bond motifs is 1. The normalized spacial score (nSPS) is 21.4. The third-order valence-electron chi connectivity index (χ3n) is 5.86. The van der Waals surface area contributed by atoms with E-state index in [0.717, 1.165) is 54.4 Å². The van der Waals surface area contributed by atoms with E-state index in [9.17, 15) is 10.0 Å². The zero-order chi connectivity index (χ0) is 22.7. The Labute approximate surface area is 192 Å². The van der Waals surface area contributed by atoms with Crippen molar-refractivity contribution in [3.05, 3.63) is 52.6 Å². The first-order chi connectivity index (χ1) is 15.5. The van der Waals surface area contributed by atoms with E-state index < -0.39 is 16.8 Å². The van der Waals surface area contributed by atoms with Crippen LogP contribution in [0.4, 0.5) is 5.13 Å². The number of aromatic nitrogens is 1. The zero-order valence-corrected chi connectivity index (χ0v) is 19.8. The lowest BCUT2D eigenvalue weighted by Gasteiger charge is -2.38. The number of carbonyl (C=O) groups is 1. The van der Waals surface area contributed by atoms with E-state index in [0.29, 0.717) is 17.2 Å². The molecule has 32 heavy (non-hydrogen) atoms. The van der Waals surface area contributed by atoms with Gasteiger partial charge in [0.2, 0.25) is 0 Å². The van der Waals surface area contributed by atoms with Crippen molar-refractivity contribution >= 4 is 32.7 Å². The molecule has 2 aromatic heterocycles. The van der Waals surface area contributed by atoms with Crippen LogP contribution in [0.15, 0.2) is 35.1 Å². The van der Waals surface area contributed by atoms with Crippen molar-refractivity contribution in [1.29, 1.82) is 0 Å². The Morgan fingerprint density at radius 2 is 2.06 bits per heavy atom. The predicted molar refractivity (Wildman–Crippen MR) is 127 cm³/mol. The minimum Gasteiger partial charge on any atom is -0.622 e. The average molecular weight is 458 g/mol. The van der Waals surface area contributed by atoms with Crippen molar-refractivity contribution in [1.82, 2.24) is 14.5 Å². The summed E-state index contributed by atoms with van der Waals surface area (Å²) in [5, 5.41) is 14.6. The molecule has 172 valence electrons. The molecule has 3 aromatic rings. The highest BCUT2D eigenvalue weighted by molar-refractivity contribution is 7.22. The van der Waals surface area contributed by atoms with Crippen LogP contribution >= 0.6 is 11.3 Å². The van der Waals surface area contributed by atoms with Gasteiger partial charge in [0.05, 0.1) is 23.0 Å². The van der Waals surface area contributed by atoms with E-state index in [1.807, 2.05) is 13.0 Å². The van der Waals surface area contributed by atoms with Crippen LogP contribution in [0, 0.1) is 5.21 Å². The molecule has 2 atom stereocenters. The number of ether oxygens (including phenoxy) is 1. The minimum absolute atomic E-state index is 0.223. The van der Waals surface area contributed by atoms with Crippen molar-refractivity contribution in [2.45, 2.75) is 59.1 Å². The maximum atomic E-state index is 14.2. The SMILES string of the molecule is CCCc1ccc2sc([N+]3([O-])CN(CCC)CC3OC(=O)c3cocc3CCC)nc2c1. The number of hydrogen-bond acceptors (Lipinski definition) is 7. The van der Waals surface area contributed by atoms with Crippen LogP contribution < -0.4 is 4.65 Å². The number of hydrogen-bond donors (Lipinski definition) is 0. The van der Waals surface area contributed by atoms with E-state index in [2.05, 4.69) is 30.9 Å². The molecule has 7 nitrogen and oxygen atoms in total. The van der Waals surface area contributed by atoms with Gasteiger partial charge in [-0.3, -0.25) is 4.65 Å². The van der Waals surface area contributed by atoms with Gasteiger partial charge in [0.25, 0.3) is 11.4 Å². The summed E-state index contributed by atoms with van der Waals surface area (Å²) in [6, 6.07) is 6.20. The van der Waals surface area contributed by atoms with Gasteiger partial charge in [-0.2, -0.15) is 4.98 Å². The van der Waals surface area contributed by atoms with Gasteiger partial charge in [-0.25, -0.2) is 9.69 Å². The molecule has 1 saturated heterocycles. The fraction of sp³-hybridized carbons (Fsp3) is 0.500. The fourth-order valence-corrected chi connectivity index (χ4v) is 5.32. The number of quaternary nitrogens is 1. The fourth-order valence-electron chi connectivity index (χ4n) is 4.30. The molecule has 2 unspecified atom stereocenters. The summed E-state index contributed by atoms with van der Waals surface area (Å²) in [5.74, 6) is -0.504. The Bertz CT molecular complexity index is 1080. The summed E-state index contributed by atoms with van der Waals surface area (Å²) >= 11 is 1.39. The highest BCUT2D eigenvalue weighted by Crippen LogP contribution is 2.38. The third kappa shape index (κ3) is 4.45. The highest BCUT2D eigenvalue weighted by Gasteiger charge is 2.46. The van der Waals surface area contributed by atoms with E-state index >= 15 is 0 Å². The van der Waals surface area contributed by atoms with Gasteiger partial charge >= 0.3 is 5.97 Å². The van der Waals surface area contributed by atoms with Gasteiger partial charge in [0.15, 0.2) is 0 Å². The second kappa shape index (κ2) is 9.70. The van der Waals surface area contributed by atoms with Crippen molar-refractivity contribution in [3.8, 4) is 0 Å². The zero-order valence-electron chi connectivity index (χ0n) is 19.0. The highest BCUT2D eigenvalue weighted by atomic mass is 32.1. The van der Waals surface area contributed by atoms with Crippen LogP contribution in [0.25, 0.3) is 10.2 Å². The van der Waals surface area contributed by atoms with Crippen LogP contribution in [-0.2, 0) is 17.6 Å². The Kier molecular flexibility index (Phi) is 6.95. The lowest BCUT2D eigenvalue weighted by Crippen LogP contribution is -2.50. The topological polar surface area (TPSA) is 78.6 Å². The van der Waals surface area contributed by atoms with Gasteiger partial charge in [0.1, 0.15) is 18.5 Å². The third-order valence-corrected chi connectivity index (χ3v) is 7.01. The first-order valence-electron chi connectivity index (χ1n) is 11.5. The summed E-state index contributed by atoms with van der Waals surface area (Å²) in [7, 11) is 0. The number of carbonyl (C=O) groups excluding carboxylic acids is 1. The number of rotatable bonds is 9. The quantitative estimate of drug-likeness (QED) is 0.241. The molecule has 0 aliphatic carbocycles. The standard InChI is InChI=1S/C24H31N3O4S/c1-4-7-17-9-10-21-20(12-17)25-24(32-21)27(29)16-26(11-6-3)13-22(27)31-23(28)19-15-30-14-18(19)8-5-2/h9-10,12,14-15,22H,4-8,11,13,16H2,1-3H3. The molecule has 0 spiro atoms. The number of benzene rings is 1. The van der Waals surface area contributed by atoms with Gasteiger partial charge in [-0.1, -0.05) is 51.0 Å². The van der Waals surface area contributed by atoms with Crippen molar-refractivity contribution < 1.29 is 13.9 Å². The molecule has 0 amide bonds. The summed E-state index contributed by atoms with van der Waals surface area (Å²) < 4.78 is 11.3. The Morgan fingerprint density at radius 3 is 2.81 bits per heavy atom. The Morgan fingerprint density at radius 1 is 1.25 bits per heavy atom. The molecule has 0 bridgehead atoms. The van der Waals surface area contributed by atoms with Crippen LogP contribution in [0.3, 0.4) is 0 Å². The average Bonchev–Trinajstić information content (AvgIpc) is 3.47. The van der Waals surface area contributed by atoms with E-state index in [1.54, 1.807) is 6.26 Å². The molecule has 3 heterocycles. The number of furan rings is 1. The van der Waals surface area contributed by atoms with E-state index in [-0.39, 0.29) is 6.67 Å². The molecule has 1 aromatic carbocycles. The van der Waals surface area contributed by atoms with Gasteiger partial charge in [-0.05, 0) is 37.0 Å². The first kappa shape index (κ1) is 22.9. The van der Waals surface area contributed by atoms with Crippen molar-refractivity contribution in [3.63, 3.8) is 0 Å². The van der Waals surface area contributed by atoms with Crippen LogP contribution in [0.2, 0.25) is 0 Å². The smallest absolute Gasteiger partial charge is 0.346 e. The molecular formula is C24H31N3O4S. The maximum absolute atomic E-state index is 14.2. The molecular weight excluding hydrogens is 426 g/mol. The Balaban J connectivity index is 1.64. The predicted octanol–water partition coefficient (Wildman–Crippen LogP) is 5.47. The second-order valence-corrected chi connectivity index (χ2v) is 9.49. The molecule has 1 aliphatic heterocycles.